The average molecular weight is 332 g/mol. The molecule has 6 heteroatoms. The second-order valence-corrected chi connectivity index (χ2v) is 6.97. The summed E-state index contributed by atoms with van der Waals surface area (Å²) in [6, 6.07) is 11.5. The molecule has 21 heavy (non-hydrogen) atoms. The Bertz CT molecular complexity index is 773. The van der Waals surface area contributed by atoms with Crippen LogP contribution in [0.5, 0.6) is 0 Å². The molecule has 0 aliphatic carbocycles. The van der Waals surface area contributed by atoms with Gasteiger partial charge < -0.3 is 11.1 Å². The normalized spacial score (nSPS) is 10.7. The molecule has 106 valence electrons. The number of benzene rings is 1. The Labute approximate surface area is 135 Å². The van der Waals surface area contributed by atoms with Gasteiger partial charge in [0.15, 0.2) is 0 Å². The first-order valence-electron chi connectivity index (χ1n) is 6.27. The lowest BCUT2D eigenvalue weighted by Gasteiger charge is -2.05. The highest BCUT2D eigenvalue weighted by Crippen LogP contribution is 2.29. The first kappa shape index (κ1) is 14.2. The monoisotopic (exact) mass is 332 g/mol. The number of nitrogens with two attached hydrogens (primary N) is 1. The molecular formula is C15H12N2OS3. The van der Waals surface area contributed by atoms with E-state index in [9.17, 15) is 4.79 Å². The fourth-order valence-corrected chi connectivity index (χ4v) is 4.10. The Morgan fingerprint density at radius 1 is 1.19 bits per heavy atom. The maximum Gasteiger partial charge on any atom is 0.261 e. The fraction of sp³-hybridized carbons (Fsp3) is 0.0667. The standard InChI is InChI=1S/C15H12N2OS3/c16-14(19)10-3-1-9(2-4-10)8-17-15(18)13-7-12-11(21-13)5-6-20-12/h1-7H,8H2,(H2,16,19)(H,17,18). The average Bonchev–Trinajstić information content (AvgIpc) is 3.06. The van der Waals surface area contributed by atoms with Crippen LogP contribution in [0.1, 0.15) is 20.8 Å². The molecule has 1 aromatic carbocycles. The van der Waals surface area contributed by atoms with Crippen LogP contribution in [-0.2, 0) is 6.54 Å². The molecule has 0 fully saturated rings. The third-order valence-corrected chi connectivity index (χ3v) is 5.38. The highest BCUT2D eigenvalue weighted by atomic mass is 32.1. The largest absolute Gasteiger partial charge is 0.389 e. The number of amides is 1. The molecule has 3 N–H and O–H groups in total. The SMILES string of the molecule is NC(=S)c1ccc(CNC(=O)c2cc3sccc3s2)cc1. The molecule has 0 atom stereocenters. The molecule has 0 unspecified atom stereocenters. The van der Waals surface area contributed by atoms with Crippen LogP contribution < -0.4 is 11.1 Å². The zero-order valence-electron chi connectivity index (χ0n) is 11.0. The number of fused-ring (bicyclic) bond motifs is 1. The Morgan fingerprint density at radius 2 is 1.95 bits per heavy atom. The van der Waals surface area contributed by atoms with Crippen molar-refractivity contribution >= 4 is 55.2 Å². The lowest BCUT2D eigenvalue weighted by Crippen LogP contribution is -2.21. The van der Waals surface area contributed by atoms with Gasteiger partial charge in [-0.05, 0) is 23.1 Å². The molecule has 0 saturated heterocycles. The molecule has 0 spiro atoms. The summed E-state index contributed by atoms with van der Waals surface area (Å²) < 4.78 is 2.32. The van der Waals surface area contributed by atoms with E-state index < -0.39 is 0 Å². The van der Waals surface area contributed by atoms with Gasteiger partial charge in [0.2, 0.25) is 0 Å². The van der Waals surface area contributed by atoms with Gasteiger partial charge in [0.1, 0.15) is 4.99 Å². The zero-order valence-corrected chi connectivity index (χ0v) is 13.4. The quantitative estimate of drug-likeness (QED) is 0.719. The highest BCUT2D eigenvalue weighted by Gasteiger charge is 2.10. The van der Waals surface area contributed by atoms with Crippen molar-refractivity contribution in [3.05, 3.63) is 57.8 Å². The van der Waals surface area contributed by atoms with Gasteiger partial charge in [0, 0.05) is 21.5 Å². The third kappa shape index (κ3) is 3.12. The number of thiocarbonyl (C=S) groups is 1. The predicted molar refractivity (Wildman–Crippen MR) is 93.2 cm³/mol. The number of hydrogen-bond acceptors (Lipinski definition) is 4. The van der Waals surface area contributed by atoms with Crippen LogP contribution in [0.15, 0.2) is 41.8 Å². The molecule has 0 bridgehead atoms. The van der Waals surface area contributed by atoms with Crippen LogP contribution in [0.2, 0.25) is 0 Å². The molecule has 0 aliphatic heterocycles. The minimum absolute atomic E-state index is 0.0400. The van der Waals surface area contributed by atoms with E-state index in [0.717, 1.165) is 25.4 Å². The number of carbonyl (C=O) groups is 1. The van der Waals surface area contributed by atoms with Gasteiger partial charge >= 0.3 is 0 Å². The van der Waals surface area contributed by atoms with Crippen LogP contribution >= 0.6 is 34.9 Å². The van der Waals surface area contributed by atoms with Crippen LogP contribution in [0.3, 0.4) is 0 Å². The first-order chi connectivity index (χ1) is 10.1. The van der Waals surface area contributed by atoms with E-state index in [0.29, 0.717) is 11.5 Å². The number of nitrogens with one attached hydrogen (secondary N) is 1. The maximum absolute atomic E-state index is 12.1. The highest BCUT2D eigenvalue weighted by molar-refractivity contribution is 7.80. The van der Waals surface area contributed by atoms with Gasteiger partial charge in [-0.3, -0.25) is 4.79 Å². The molecule has 0 aliphatic rings. The van der Waals surface area contributed by atoms with Crippen molar-refractivity contribution in [3.8, 4) is 0 Å². The summed E-state index contributed by atoms with van der Waals surface area (Å²) in [4.78, 5) is 13.2. The third-order valence-electron chi connectivity index (χ3n) is 3.05. The lowest BCUT2D eigenvalue weighted by molar-refractivity contribution is 0.0955. The molecule has 0 saturated carbocycles. The second kappa shape index (κ2) is 5.93. The van der Waals surface area contributed by atoms with Crippen molar-refractivity contribution in [2.45, 2.75) is 6.54 Å². The van der Waals surface area contributed by atoms with Crippen LogP contribution in [0, 0.1) is 0 Å². The maximum atomic E-state index is 12.1. The van der Waals surface area contributed by atoms with Crippen LogP contribution in [0.25, 0.3) is 9.40 Å². The van der Waals surface area contributed by atoms with Crippen molar-refractivity contribution in [3.63, 3.8) is 0 Å². The minimum Gasteiger partial charge on any atom is -0.389 e. The minimum atomic E-state index is -0.0400. The Morgan fingerprint density at radius 3 is 2.62 bits per heavy atom. The molecule has 2 heterocycles. The number of rotatable bonds is 4. The van der Waals surface area contributed by atoms with Gasteiger partial charge in [0.25, 0.3) is 5.91 Å². The predicted octanol–water partition coefficient (Wildman–Crippen LogP) is 3.53. The van der Waals surface area contributed by atoms with E-state index in [4.69, 9.17) is 18.0 Å². The number of carbonyl (C=O) groups excluding carboxylic acids is 1. The smallest absolute Gasteiger partial charge is 0.261 e. The van der Waals surface area contributed by atoms with E-state index in [1.54, 1.807) is 11.3 Å². The van der Waals surface area contributed by atoms with Gasteiger partial charge in [-0.25, -0.2) is 0 Å². The molecule has 3 nitrogen and oxygen atoms in total. The molecule has 2 aromatic heterocycles. The summed E-state index contributed by atoms with van der Waals surface area (Å²) in [7, 11) is 0. The summed E-state index contributed by atoms with van der Waals surface area (Å²) in [5, 5.41) is 4.96. The second-order valence-electron chi connectivity index (χ2n) is 4.50. The van der Waals surface area contributed by atoms with E-state index >= 15 is 0 Å². The topological polar surface area (TPSA) is 55.1 Å². The molecular weight excluding hydrogens is 320 g/mol. The van der Waals surface area contributed by atoms with Crippen LogP contribution in [0.4, 0.5) is 0 Å². The van der Waals surface area contributed by atoms with E-state index in [1.807, 2.05) is 41.8 Å². The fourth-order valence-electron chi connectivity index (χ4n) is 1.93. The van der Waals surface area contributed by atoms with Gasteiger partial charge in [-0.2, -0.15) is 0 Å². The molecule has 3 rings (SSSR count). The van der Waals surface area contributed by atoms with Gasteiger partial charge in [-0.15, -0.1) is 22.7 Å². The van der Waals surface area contributed by atoms with E-state index in [2.05, 4.69) is 5.32 Å². The lowest BCUT2D eigenvalue weighted by atomic mass is 10.1. The molecule has 0 radical (unpaired) electrons. The van der Waals surface area contributed by atoms with Gasteiger partial charge in [-0.1, -0.05) is 36.5 Å². The Kier molecular flexibility index (Phi) is 4.01. The van der Waals surface area contributed by atoms with Crippen molar-refractivity contribution < 1.29 is 4.79 Å². The van der Waals surface area contributed by atoms with E-state index in [1.165, 1.54) is 11.3 Å². The Hall–Kier alpha value is -1.76. The van der Waals surface area contributed by atoms with Crippen LogP contribution in [-0.4, -0.2) is 10.9 Å². The molecule has 3 aromatic rings. The van der Waals surface area contributed by atoms with Crippen molar-refractivity contribution in [2.24, 2.45) is 5.73 Å². The molecule has 1 amide bonds. The zero-order chi connectivity index (χ0) is 14.8. The number of hydrogen-bond donors (Lipinski definition) is 2. The first-order valence-corrected chi connectivity index (χ1v) is 8.38. The number of thiophene rings is 2. The summed E-state index contributed by atoms with van der Waals surface area (Å²) in [5.41, 5.74) is 7.40. The van der Waals surface area contributed by atoms with Crippen molar-refractivity contribution in [2.75, 3.05) is 0 Å². The van der Waals surface area contributed by atoms with E-state index in [-0.39, 0.29) is 5.91 Å². The van der Waals surface area contributed by atoms with Crippen molar-refractivity contribution in [1.82, 2.24) is 5.32 Å². The summed E-state index contributed by atoms with van der Waals surface area (Å²) in [5.74, 6) is -0.0400. The Balaban J connectivity index is 1.65. The summed E-state index contributed by atoms with van der Waals surface area (Å²) >= 11 is 8.08. The van der Waals surface area contributed by atoms with Crippen molar-refractivity contribution in [1.29, 1.82) is 0 Å². The van der Waals surface area contributed by atoms with Gasteiger partial charge in [0.05, 0.1) is 4.88 Å². The summed E-state index contributed by atoms with van der Waals surface area (Å²) in [6.45, 7) is 0.488. The summed E-state index contributed by atoms with van der Waals surface area (Å²) in [6.07, 6.45) is 0.